The summed E-state index contributed by atoms with van der Waals surface area (Å²) < 4.78 is 4.67. The van der Waals surface area contributed by atoms with Gasteiger partial charge in [-0.2, -0.15) is 35.7 Å². The number of nitrogens with two attached hydrogens (primary N) is 1. The predicted octanol–water partition coefficient (Wildman–Crippen LogP) is 23.0. The zero-order valence-corrected chi connectivity index (χ0v) is 73.4. The van der Waals surface area contributed by atoms with E-state index >= 15 is 0 Å². The second kappa shape index (κ2) is 43.1. The van der Waals surface area contributed by atoms with E-state index in [4.69, 9.17) is 5.73 Å². The number of anilines is 1. The van der Waals surface area contributed by atoms with Crippen LogP contribution < -0.4 is 5.73 Å². The van der Waals surface area contributed by atoms with E-state index in [2.05, 4.69) is 172 Å². The molecule has 22 rings (SSSR count). The van der Waals surface area contributed by atoms with Crippen molar-refractivity contribution in [3.05, 3.63) is 393 Å². The smallest absolute Gasteiger partial charge is 0.337 e. The number of ether oxygens (including phenoxy) is 1. The first-order chi connectivity index (χ1) is 66.3. The first-order valence-corrected chi connectivity index (χ1v) is 43.7. The van der Waals surface area contributed by atoms with Crippen LogP contribution >= 0.6 is 0 Å². The minimum Gasteiger partial charge on any atom is -0.508 e. The fourth-order valence-electron chi connectivity index (χ4n) is 14.8. The Labute approximate surface area is 776 Å². The molecule has 27 nitrogen and oxygen atoms in total. The number of rotatable bonds is 18. The summed E-state index contributed by atoms with van der Waals surface area (Å²) in [6, 6.07) is 120. The zero-order valence-electron chi connectivity index (χ0n) is 73.4. The van der Waals surface area contributed by atoms with Crippen LogP contribution in [0.15, 0.2) is 376 Å². The number of nitrogen functional groups attached to an aromatic ring is 1. The van der Waals surface area contributed by atoms with Gasteiger partial charge in [0, 0.05) is 89.1 Å². The van der Waals surface area contributed by atoms with Crippen LogP contribution in [0.3, 0.4) is 0 Å². The number of nitrogens with zero attached hydrogens (tertiary/aromatic N) is 14. The molecule has 7 aromatic heterocycles. The summed E-state index contributed by atoms with van der Waals surface area (Å²) in [5.74, 6) is 10.3. The van der Waals surface area contributed by atoms with Gasteiger partial charge in [-0.1, -0.05) is 317 Å². The molecule has 135 heavy (non-hydrogen) atoms. The summed E-state index contributed by atoms with van der Waals surface area (Å²) in [7, 11) is 1.36. The molecule has 14 aromatic carbocycles. The number of aromatic nitrogens is 21. The molecule has 11 N–H and O–H groups in total. The summed E-state index contributed by atoms with van der Waals surface area (Å²) in [6.07, 6.45) is 6.80. The lowest BCUT2D eigenvalue weighted by molar-refractivity contribution is 0.0600. The van der Waals surface area contributed by atoms with Gasteiger partial charge >= 0.3 is 5.97 Å². The molecular formula is C108H90N22O5. The number of esters is 1. The summed E-state index contributed by atoms with van der Waals surface area (Å²) in [6.45, 7) is 1.55. The van der Waals surface area contributed by atoms with Gasteiger partial charge in [-0.25, -0.2) is 39.7 Å². The molecule has 1 fully saturated rings. The number of aromatic hydroxyl groups is 2. The summed E-state index contributed by atoms with van der Waals surface area (Å²) in [4.78, 5) is 54.4. The largest absolute Gasteiger partial charge is 0.508 e. The van der Waals surface area contributed by atoms with Crippen molar-refractivity contribution in [2.24, 2.45) is 0 Å². The first-order valence-electron chi connectivity index (χ1n) is 43.7. The highest BCUT2D eigenvalue weighted by Crippen LogP contribution is 2.36. The van der Waals surface area contributed by atoms with E-state index < -0.39 is 0 Å². The van der Waals surface area contributed by atoms with Crippen LogP contribution in [0.2, 0.25) is 0 Å². The van der Waals surface area contributed by atoms with Crippen molar-refractivity contribution in [1.82, 2.24) is 106 Å². The van der Waals surface area contributed by atoms with Crippen molar-refractivity contribution >= 4 is 17.4 Å². The van der Waals surface area contributed by atoms with E-state index in [1.807, 2.05) is 243 Å². The number of carbonyl (C=O) groups is 2. The Balaban J connectivity index is 0.000000113. The number of hydrogen-bond acceptors (Lipinski definition) is 20. The monoisotopic (exact) mass is 1770 g/mol. The lowest BCUT2D eigenvalue weighted by atomic mass is 9.84. The Morgan fingerprint density at radius 3 is 0.815 bits per heavy atom. The first kappa shape index (κ1) is 88.6. The Kier molecular flexibility index (Phi) is 28.3. The number of phenolic OH excluding ortho intramolecular Hbond substituents is 2. The Bertz CT molecular complexity index is 7260. The van der Waals surface area contributed by atoms with Crippen LogP contribution in [0, 0.1) is 0 Å². The third kappa shape index (κ3) is 23.0. The maximum atomic E-state index is 11.4. The number of methoxy groups -OCH3 is 1. The predicted molar refractivity (Wildman–Crippen MR) is 525 cm³/mol. The number of carbonyl (C=O) groups excluding carboxylic acids is 2. The van der Waals surface area contributed by atoms with E-state index in [1.54, 1.807) is 79.7 Å². The Morgan fingerprint density at radius 2 is 0.504 bits per heavy atom. The third-order valence-corrected chi connectivity index (χ3v) is 22.0. The molecule has 1 aliphatic carbocycles. The van der Waals surface area contributed by atoms with E-state index in [9.17, 15) is 19.8 Å². The van der Waals surface area contributed by atoms with Gasteiger partial charge in [-0.15, -0.1) is 0 Å². The minimum atomic E-state index is -0.357. The van der Waals surface area contributed by atoms with E-state index in [0.29, 0.717) is 75.1 Å². The van der Waals surface area contributed by atoms with E-state index in [0.717, 1.165) is 107 Å². The van der Waals surface area contributed by atoms with Gasteiger partial charge in [0.15, 0.2) is 87.3 Å². The summed E-state index contributed by atoms with van der Waals surface area (Å²) in [5.41, 5.74) is 24.6. The second-order valence-electron chi connectivity index (χ2n) is 31.3. The molecule has 0 atom stereocenters. The molecule has 1 saturated carbocycles. The Hall–Kier alpha value is -18.4. The molecule has 0 unspecified atom stereocenters. The molecular weight excluding hydrogens is 1690 g/mol. The molecule has 27 heteroatoms. The molecule has 0 saturated heterocycles. The van der Waals surface area contributed by atoms with Gasteiger partial charge < -0.3 is 20.7 Å². The summed E-state index contributed by atoms with van der Waals surface area (Å²) >= 11 is 0. The second-order valence-corrected chi connectivity index (χ2v) is 31.3. The number of ketones is 1. The van der Waals surface area contributed by atoms with Gasteiger partial charge in [0.25, 0.3) is 0 Å². The number of nitrogens with one attached hydrogen (secondary N) is 7. The third-order valence-electron chi connectivity index (χ3n) is 22.0. The SMILES string of the molecule is CC(=O)c1ccc(-c2nc(-c3ccccc3)n[nH]2)cc1.COC(=O)c1ccc(-c2nc(-c3ccccc3)n[nH]2)cc1.Nc1cccc(-c2n[nH]c(-c3ccccc3)n2)c1.Oc1ccc(-c2nc(-c3cccc(-c4n[nH]c(-c5ccc(O)cc5)n4)c3)n[nH]2)cc1.c1ccc(-c2ccc(-c3nc(-c4ccccc4)n[nH]3)cc2)cc1.c1ccc(-c2n[nH]c(-c3ccc(C4CCCCC4)cc3)n2)cc1. The molecule has 0 amide bonds. The summed E-state index contributed by atoms with van der Waals surface area (Å²) in [5, 5.41) is 69.5. The fraction of sp³-hybridized carbons (Fsp3) is 0.0741. The van der Waals surface area contributed by atoms with Crippen LogP contribution in [0.25, 0.3) is 171 Å². The molecule has 662 valence electrons. The molecule has 7 heterocycles. The molecule has 0 bridgehead atoms. The van der Waals surface area contributed by atoms with Gasteiger partial charge in [0.1, 0.15) is 11.5 Å². The highest BCUT2D eigenvalue weighted by Gasteiger charge is 2.20. The highest BCUT2D eigenvalue weighted by atomic mass is 16.5. The standard InChI is InChI=1S/C22H16N6O2.C20H21N3.C20H15N3.C16H13N3O2.C16H13N3O.C14H12N4/c29-17-8-4-13(5-9-17)19-23-21(27-25-19)15-2-1-3-16(12-15)22-24-20(26-28-22)14-6-10-18(30)11-7-14;2*1-3-7-15(8-4-1)16-11-13-18(14-12-16)20-21-19(22-23-20)17-9-5-2-6-10-17;1-21-16(20)13-9-7-12(8-10-13)15-17-14(18-19-15)11-5-3-2-4-6-11;1-11(20)12-7-9-14(10-8-12)16-17-15(18-19-16)13-5-3-2-4-6-13;15-12-8-4-7-11(9-12)14-16-13(17-18-14)10-5-2-1-3-6-10/h1-12,29-30H,(H,23,25,27)(H,24,26,28);2,5-6,9-15H,1,3-4,7-8H2,(H,21,22,23);1-14H,(H,21,22,23);2-10H,1H3,(H,17,18,19);2-10H,1H3,(H,17,18,19);1-9H,15H2,(H,16,17,18). The minimum absolute atomic E-state index is 0.0547. The topological polar surface area (TPSA) is 401 Å². The number of H-pyrrole nitrogens is 7. The normalized spacial score (nSPS) is 11.5. The van der Waals surface area contributed by atoms with Crippen LogP contribution in [0.4, 0.5) is 5.69 Å². The fourth-order valence-corrected chi connectivity index (χ4v) is 14.8. The average molecular weight is 1780 g/mol. The Morgan fingerprint density at radius 1 is 0.267 bits per heavy atom. The van der Waals surface area contributed by atoms with Gasteiger partial charge in [0.2, 0.25) is 0 Å². The van der Waals surface area contributed by atoms with Crippen LogP contribution in [0.5, 0.6) is 11.5 Å². The molecule has 0 radical (unpaired) electrons. The van der Waals surface area contributed by atoms with Crippen LogP contribution in [-0.2, 0) is 4.74 Å². The van der Waals surface area contributed by atoms with Crippen molar-refractivity contribution in [1.29, 1.82) is 0 Å². The van der Waals surface area contributed by atoms with Crippen molar-refractivity contribution in [3.63, 3.8) is 0 Å². The number of benzene rings is 14. The number of aromatic amines is 7. The average Bonchev–Trinajstić information content (AvgIpc) is 1.72. The lowest BCUT2D eigenvalue weighted by Crippen LogP contribution is -2.04. The van der Waals surface area contributed by atoms with E-state index in [1.165, 1.54) is 55.9 Å². The number of phenols is 2. The van der Waals surface area contributed by atoms with Gasteiger partial charge in [-0.05, 0) is 121 Å². The molecule has 0 aliphatic heterocycles. The van der Waals surface area contributed by atoms with Gasteiger partial charge in [-0.3, -0.25) is 40.5 Å². The van der Waals surface area contributed by atoms with Crippen molar-refractivity contribution in [2.45, 2.75) is 44.9 Å². The molecule has 21 aromatic rings. The van der Waals surface area contributed by atoms with E-state index in [-0.39, 0.29) is 23.3 Å². The maximum Gasteiger partial charge on any atom is 0.337 e. The van der Waals surface area contributed by atoms with Crippen molar-refractivity contribution in [3.8, 4) is 182 Å². The maximum absolute atomic E-state index is 11.4. The molecule has 0 spiro atoms. The quantitative estimate of drug-likeness (QED) is 0.0217. The number of Topliss-reactive ketones (excluding diaryl/α,β-unsaturated/α-hetero) is 1. The van der Waals surface area contributed by atoms with Crippen LogP contribution in [0.1, 0.15) is 71.2 Å². The lowest BCUT2D eigenvalue weighted by Gasteiger charge is -2.21. The number of hydrogen-bond donors (Lipinski definition) is 10. The highest BCUT2D eigenvalue weighted by molar-refractivity contribution is 5.94. The molecule has 1 aliphatic rings. The van der Waals surface area contributed by atoms with Gasteiger partial charge in [0.05, 0.1) is 12.7 Å². The van der Waals surface area contributed by atoms with Crippen molar-refractivity contribution < 1.29 is 24.5 Å². The van der Waals surface area contributed by atoms with Crippen molar-refractivity contribution in [2.75, 3.05) is 12.8 Å². The van der Waals surface area contributed by atoms with Crippen LogP contribution in [-0.4, -0.2) is 135 Å². The zero-order chi connectivity index (χ0) is 92.4.